The average Bonchev–Trinajstić information content (AvgIpc) is 3.02. The summed E-state index contributed by atoms with van der Waals surface area (Å²) in [4.78, 5) is 4.52. The van der Waals surface area contributed by atoms with Gasteiger partial charge in [0.2, 0.25) is 0 Å². The third-order valence-electron chi connectivity index (χ3n) is 3.43. The third kappa shape index (κ3) is 4.06. The first-order chi connectivity index (χ1) is 12.1. The number of hydrogen-bond acceptors (Lipinski definition) is 5. The molecule has 0 aliphatic rings. The summed E-state index contributed by atoms with van der Waals surface area (Å²) in [5, 5.41) is 0.829. The molecular weight excluding hydrogens is 348 g/mol. The SMILES string of the molecule is COc1ccc2nc(/C=C/c3ccc(OC(F)F)c(OC)c3)sc2c1. The predicted molar refractivity (Wildman–Crippen MR) is 94.7 cm³/mol. The van der Waals surface area contributed by atoms with Crippen molar-refractivity contribution in [2.24, 2.45) is 0 Å². The molecule has 1 aromatic heterocycles. The van der Waals surface area contributed by atoms with Crippen LogP contribution < -0.4 is 14.2 Å². The van der Waals surface area contributed by atoms with Crippen molar-refractivity contribution >= 4 is 33.7 Å². The zero-order chi connectivity index (χ0) is 17.8. The van der Waals surface area contributed by atoms with Crippen LogP contribution >= 0.6 is 11.3 Å². The fourth-order valence-corrected chi connectivity index (χ4v) is 3.17. The van der Waals surface area contributed by atoms with E-state index < -0.39 is 6.61 Å². The van der Waals surface area contributed by atoms with Crippen LogP contribution in [0.3, 0.4) is 0 Å². The number of thiazole rings is 1. The Morgan fingerprint density at radius 1 is 1.00 bits per heavy atom. The summed E-state index contributed by atoms with van der Waals surface area (Å²) in [5.74, 6) is 1.03. The molecule has 3 aromatic rings. The summed E-state index contributed by atoms with van der Waals surface area (Å²) < 4.78 is 40.4. The Morgan fingerprint density at radius 2 is 1.84 bits per heavy atom. The van der Waals surface area contributed by atoms with E-state index in [1.54, 1.807) is 19.2 Å². The predicted octanol–water partition coefficient (Wildman–Crippen LogP) is 5.09. The maximum Gasteiger partial charge on any atom is 0.387 e. The van der Waals surface area contributed by atoms with Gasteiger partial charge in [0.1, 0.15) is 10.8 Å². The number of aromatic nitrogens is 1. The van der Waals surface area contributed by atoms with E-state index in [0.717, 1.165) is 26.5 Å². The monoisotopic (exact) mass is 363 g/mol. The molecule has 2 aromatic carbocycles. The Bertz CT molecular complexity index is 908. The van der Waals surface area contributed by atoms with Crippen molar-refractivity contribution in [1.82, 2.24) is 4.98 Å². The molecule has 0 radical (unpaired) electrons. The standard InChI is InChI=1S/C18H15F2NO3S/c1-22-12-5-6-13-16(10-12)25-17(21-13)8-4-11-3-7-14(24-18(19)20)15(9-11)23-2/h3-10,18H,1-2H3/b8-4+. The van der Waals surface area contributed by atoms with Gasteiger partial charge in [-0.15, -0.1) is 11.3 Å². The van der Waals surface area contributed by atoms with Gasteiger partial charge in [0.05, 0.1) is 24.4 Å². The number of methoxy groups -OCH3 is 2. The zero-order valence-corrected chi connectivity index (χ0v) is 14.3. The molecule has 7 heteroatoms. The van der Waals surface area contributed by atoms with Crippen molar-refractivity contribution in [1.29, 1.82) is 0 Å². The Balaban J connectivity index is 1.83. The quantitative estimate of drug-likeness (QED) is 0.612. The number of nitrogens with zero attached hydrogens (tertiary/aromatic N) is 1. The molecule has 0 amide bonds. The van der Waals surface area contributed by atoms with Crippen LogP contribution in [-0.2, 0) is 0 Å². The summed E-state index contributed by atoms with van der Waals surface area (Å²) in [5.41, 5.74) is 1.68. The van der Waals surface area contributed by atoms with Gasteiger partial charge in [-0.1, -0.05) is 12.1 Å². The van der Waals surface area contributed by atoms with Gasteiger partial charge in [-0.25, -0.2) is 4.98 Å². The van der Waals surface area contributed by atoms with Crippen molar-refractivity contribution < 1.29 is 23.0 Å². The highest BCUT2D eigenvalue weighted by atomic mass is 32.1. The zero-order valence-electron chi connectivity index (χ0n) is 13.5. The summed E-state index contributed by atoms with van der Waals surface area (Å²) in [6, 6.07) is 10.5. The molecule has 0 spiro atoms. The Hall–Kier alpha value is -2.67. The van der Waals surface area contributed by atoms with Crippen molar-refractivity contribution in [3.63, 3.8) is 0 Å². The average molecular weight is 363 g/mol. The van der Waals surface area contributed by atoms with E-state index in [-0.39, 0.29) is 11.5 Å². The van der Waals surface area contributed by atoms with E-state index in [1.165, 1.54) is 24.5 Å². The molecule has 0 bridgehead atoms. The minimum Gasteiger partial charge on any atom is -0.497 e. The molecule has 0 aliphatic heterocycles. The van der Waals surface area contributed by atoms with Gasteiger partial charge < -0.3 is 14.2 Å². The Kier molecular flexibility index (Phi) is 5.14. The van der Waals surface area contributed by atoms with Crippen LogP contribution in [0, 0.1) is 0 Å². The normalized spacial score (nSPS) is 11.4. The van der Waals surface area contributed by atoms with Crippen LogP contribution in [0.1, 0.15) is 10.6 Å². The van der Waals surface area contributed by atoms with Crippen LogP contribution in [0.25, 0.3) is 22.4 Å². The summed E-state index contributed by atoms with van der Waals surface area (Å²) in [6.45, 7) is -2.89. The lowest BCUT2D eigenvalue weighted by Crippen LogP contribution is -2.03. The first kappa shape index (κ1) is 17.2. The maximum atomic E-state index is 12.4. The van der Waals surface area contributed by atoms with E-state index >= 15 is 0 Å². The molecule has 130 valence electrons. The molecule has 0 saturated carbocycles. The van der Waals surface area contributed by atoms with E-state index in [1.807, 2.05) is 30.4 Å². The maximum absolute atomic E-state index is 12.4. The molecule has 0 atom stereocenters. The first-order valence-corrected chi connectivity index (χ1v) is 8.16. The lowest BCUT2D eigenvalue weighted by molar-refractivity contribution is -0.0512. The van der Waals surface area contributed by atoms with Gasteiger partial charge in [0, 0.05) is 0 Å². The second-order valence-electron chi connectivity index (χ2n) is 5.01. The summed E-state index contributed by atoms with van der Waals surface area (Å²) in [6.07, 6.45) is 3.70. The minimum absolute atomic E-state index is 0.00160. The van der Waals surface area contributed by atoms with Crippen LogP contribution in [-0.4, -0.2) is 25.8 Å². The number of hydrogen-bond donors (Lipinski definition) is 0. The van der Waals surface area contributed by atoms with Gasteiger partial charge in [-0.3, -0.25) is 0 Å². The fraction of sp³-hybridized carbons (Fsp3) is 0.167. The third-order valence-corrected chi connectivity index (χ3v) is 4.42. The molecule has 1 heterocycles. The first-order valence-electron chi connectivity index (χ1n) is 7.34. The minimum atomic E-state index is -2.89. The molecule has 3 rings (SSSR count). The van der Waals surface area contributed by atoms with Crippen molar-refractivity contribution in [2.75, 3.05) is 14.2 Å². The highest BCUT2D eigenvalue weighted by molar-refractivity contribution is 7.19. The van der Waals surface area contributed by atoms with E-state index in [2.05, 4.69) is 9.72 Å². The van der Waals surface area contributed by atoms with Crippen LogP contribution in [0.15, 0.2) is 36.4 Å². The Morgan fingerprint density at radius 3 is 2.56 bits per heavy atom. The molecule has 0 saturated heterocycles. The number of halogens is 2. The van der Waals surface area contributed by atoms with Crippen LogP contribution in [0.2, 0.25) is 0 Å². The molecule has 0 unspecified atom stereocenters. The van der Waals surface area contributed by atoms with E-state index in [0.29, 0.717) is 0 Å². The van der Waals surface area contributed by atoms with Gasteiger partial charge >= 0.3 is 6.61 Å². The van der Waals surface area contributed by atoms with Gasteiger partial charge in [-0.2, -0.15) is 8.78 Å². The van der Waals surface area contributed by atoms with Gasteiger partial charge in [-0.05, 0) is 42.0 Å². The summed E-state index contributed by atoms with van der Waals surface area (Å²) >= 11 is 1.53. The molecule has 4 nitrogen and oxygen atoms in total. The topological polar surface area (TPSA) is 40.6 Å². The molecular formula is C18H15F2NO3S. The second-order valence-corrected chi connectivity index (χ2v) is 6.07. The smallest absolute Gasteiger partial charge is 0.387 e. The fourth-order valence-electron chi connectivity index (χ4n) is 2.27. The molecule has 0 N–H and O–H groups in total. The van der Waals surface area contributed by atoms with E-state index in [4.69, 9.17) is 9.47 Å². The molecule has 0 aliphatic carbocycles. The summed E-state index contributed by atoms with van der Waals surface area (Å²) in [7, 11) is 3.03. The number of rotatable bonds is 6. The number of fused-ring (bicyclic) bond motifs is 1. The highest BCUT2D eigenvalue weighted by Crippen LogP contribution is 2.31. The largest absolute Gasteiger partial charge is 0.497 e. The van der Waals surface area contributed by atoms with Crippen molar-refractivity contribution in [3.05, 3.63) is 47.0 Å². The van der Waals surface area contributed by atoms with E-state index in [9.17, 15) is 8.78 Å². The van der Waals surface area contributed by atoms with Crippen LogP contribution in [0.4, 0.5) is 8.78 Å². The highest BCUT2D eigenvalue weighted by Gasteiger charge is 2.10. The molecule has 0 fully saturated rings. The van der Waals surface area contributed by atoms with Crippen molar-refractivity contribution in [2.45, 2.75) is 6.61 Å². The Labute approximate surface area is 147 Å². The lowest BCUT2D eigenvalue weighted by atomic mass is 10.2. The van der Waals surface area contributed by atoms with Gasteiger partial charge in [0.25, 0.3) is 0 Å². The molecule has 25 heavy (non-hydrogen) atoms. The second kappa shape index (κ2) is 7.48. The van der Waals surface area contributed by atoms with Gasteiger partial charge in [0.15, 0.2) is 11.5 Å². The number of benzene rings is 2. The number of ether oxygens (including phenoxy) is 3. The van der Waals surface area contributed by atoms with Crippen LogP contribution in [0.5, 0.6) is 17.2 Å². The van der Waals surface area contributed by atoms with Crippen molar-refractivity contribution in [3.8, 4) is 17.2 Å². The lowest BCUT2D eigenvalue weighted by Gasteiger charge is -2.10. The number of alkyl halides is 2.